The quantitative estimate of drug-likeness (QED) is 0.792. The molecule has 1 N–H and O–H groups in total. The van der Waals surface area contributed by atoms with E-state index in [1.54, 1.807) is 14.7 Å². The first-order valence-electron chi connectivity index (χ1n) is 8.14. The van der Waals surface area contributed by atoms with Gasteiger partial charge in [0.25, 0.3) is 0 Å². The van der Waals surface area contributed by atoms with Crippen LogP contribution < -0.4 is 0 Å². The van der Waals surface area contributed by atoms with Crippen molar-refractivity contribution in [2.75, 3.05) is 26.2 Å². The summed E-state index contributed by atoms with van der Waals surface area (Å²) in [5.41, 5.74) is -0.873. The smallest absolute Gasteiger partial charge is 0.410 e. The molecule has 2 saturated heterocycles. The van der Waals surface area contributed by atoms with Crippen LogP contribution in [0.15, 0.2) is 0 Å². The number of fused-ring (bicyclic) bond motifs is 1. The summed E-state index contributed by atoms with van der Waals surface area (Å²) in [7, 11) is 0. The molecule has 2 rings (SSSR count). The highest BCUT2D eigenvalue weighted by atomic mass is 16.6. The molecule has 0 bridgehead atoms. The van der Waals surface area contributed by atoms with Crippen LogP contribution in [0.4, 0.5) is 9.59 Å². The van der Waals surface area contributed by atoms with Crippen molar-refractivity contribution >= 4 is 12.1 Å². The zero-order valence-electron chi connectivity index (χ0n) is 15.0. The first-order chi connectivity index (χ1) is 10.5. The molecule has 3 amide bonds. The van der Waals surface area contributed by atoms with Crippen molar-refractivity contribution in [3.05, 3.63) is 0 Å². The second-order valence-electron chi connectivity index (χ2n) is 8.25. The average Bonchev–Trinajstić information content (AvgIpc) is 2.73. The third-order valence-electron chi connectivity index (χ3n) is 4.30. The molecule has 0 spiro atoms. The number of hydrogen-bond acceptors (Lipinski definition) is 4. The zero-order chi connectivity index (χ0) is 17.6. The van der Waals surface area contributed by atoms with E-state index in [0.717, 1.165) is 0 Å². The van der Waals surface area contributed by atoms with E-state index in [1.807, 2.05) is 41.5 Å². The minimum atomic E-state index is -0.586. The van der Waals surface area contributed by atoms with Crippen LogP contribution >= 0.6 is 0 Å². The summed E-state index contributed by atoms with van der Waals surface area (Å²) in [5, 5.41) is 9.83. The van der Waals surface area contributed by atoms with Gasteiger partial charge in [-0.3, -0.25) is 4.90 Å². The lowest BCUT2D eigenvalue weighted by Gasteiger charge is -2.43. The van der Waals surface area contributed by atoms with Crippen LogP contribution in [0.1, 0.15) is 41.5 Å². The molecule has 132 valence electrons. The Morgan fingerprint density at radius 1 is 1.22 bits per heavy atom. The predicted molar refractivity (Wildman–Crippen MR) is 86.2 cm³/mol. The van der Waals surface area contributed by atoms with Gasteiger partial charge in [-0.2, -0.15) is 0 Å². The summed E-state index contributed by atoms with van der Waals surface area (Å²) in [4.78, 5) is 30.1. The van der Waals surface area contributed by atoms with Gasteiger partial charge in [-0.05, 0) is 41.5 Å². The number of nitrogens with zero attached hydrogens (tertiary/aromatic N) is 3. The predicted octanol–water partition coefficient (Wildman–Crippen LogP) is 1.50. The lowest BCUT2D eigenvalue weighted by Crippen LogP contribution is -2.62. The van der Waals surface area contributed by atoms with Gasteiger partial charge < -0.3 is 19.6 Å². The molecule has 2 aliphatic rings. The summed E-state index contributed by atoms with van der Waals surface area (Å²) in [6.45, 7) is 12.6. The molecular weight excluding hydrogens is 298 g/mol. The van der Waals surface area contributed by atoms with E-state index in [2.05, 4.69) is 0 Å². The minimum absolute atomic E-state index is 0.0233. The summed E-state index contributed by atoms with van der Waals surface area (Å²) >= 11 is 0. The molecule has 2 atom stereocenters. The van der Waals surface area contributed by atoms with E-state index in [0.29, 0.717) is 19.6 Å². The minimum Gasteiger partial charge on any atom is -0.444 e. The van der Waals surface area contributed by atoms with Crippen molar-refractivity contribution < 1.29 is 19.4 Å². The first kappa shape index (κ1) is 17.8. The highest BCUT2D eigenvalue weighted by Gasteiger charge is 2.50. The van der Waals surface area contributed by atoms with Crippen molar-refractivity contribution in [1.29, 1.82) is 0 Å². The van der Waals surface area contributed by atoms with Gasteiger partial charge >= 0.3 is 12.1 Å². The van der Waals surface area contributed by atoms with E-state index in [4.69, 9.17) is 4.74 Å². The van der Waals surface area contributed by atoms with Crippen molar-refractivity contribution in [1.82, 2.24) is 14.7 Å². The fourth-order valence-corrected chi connectivity index (χ4v) is 3.17. The van der Waals surface area contributed by atoms with Crippen molar-refractivity contribution in [2.24, 2.45) is 0 Å². The van der Waals surface area contributed by atoms with Gasteiger partial charge in [-0.1, -0.05) is 0 Å². The summed E-state index contributed by atoms with van der Waals surface area (Å²) < 4.78 is 5.44. The van der Waals surface area contributed by atoms with Crippen LogP contribution in [0.25, 0.3) is 0 Å². The lowest BCUT2D eigenvalue weighted by molar-refractivity contribution is -0.0171. The van der Waals surface area contributed by atoms with Crippen molar-refractivity contribution in [3.8, 4) is 0 Å². The van der Waals surface area contributed by atoms with Crippen LogP contribution in [0.2, 0.25) is 0 Å². The second kappa shape index (κ2) is 5.85. The molecule has 0 aromatic carbocycles. The highest BCUT2D eigenvalue weighted by Crippen LogP contribution is 2.30. The zero-order valence-corrected chi connectivity index (χ0v) is 15.0. The molecule has 0 aliphatic carbocycles. The molecular formula is C16H29N3O4. The van der Waals surface area contributed by atoms with Crippen molar-refractivity contribution in [3.63, 3.8) is 0 Å². The van der Waals surface area contributed by atoms with E-state index in [-0.39, 0.29) is 24.2 Å². The van der Waals surface area contributed by atoms with Crippen molar-refractivity contribution in [2.45, 2.75) is 64.8 Å². The maximum Gasteiger partial charge on any atom is 0.410 e. The fourth-order valence-electron chi connectivity index (χ4n) is 3.17. The number of carbonyl (C=O) groups excluding carboxylic acids is 2. The molecule has 2 aliphatic heterocycles. The summed E-state index contributed by atoms with van der Waals surface area (Å²) in [6, 6.07) is -0.660. The van der Waals surface area contributed by atoms with E-state index >= 15 is 0 Å². The Balaban J connectivity index is 2.19. The highest BCUT2D eigenvalue weighted by molar-refractivity contribution is 5.79. The van der Waals surface area contributed by atoms with Crippen LogP contribution in [0.5, 0.6) is 0 Å². The lowest BCUT2D eigenvalue weighted by atomic mass is 10.0. The van der Waals surface area contributed by atoms with E-state index < -0.39 is 17.7 Å². The number of carbonyl (C=O) groups is 2. The number of hydrogen-bond donors (Lipinski definition) is 1. The fraction of sp³-hybridized carbons (Fsp3) is 0.875. The Bertz CT molecular complexity index is 481. The second-order valence-corrected chi connectivity index (χ2v) is 8.25. The molecule has 2 fully saturated rings. The van der Waals surface area contributed by atoms with Gasteiger partial charge in [0, 0.05) is 25.2 Å². The topological polar surface area (TPSA) is 73.3 Å². The standard InChI is InChI=1S/C16H29N3O4/c1-15(2,3)19-9-11-12(10-20)18(8-7-17(11)13(19)21)14(22)23-16(4,5)6/h11-12,20H,7-10H2,1-6H3/t11?,12-/m1/s1. The van der Waals surface area contributed by atoms with Crippen LogP contribution in [0.3, 0.4) is 0 Å². The van der Waals surface area contributed by atoms with Gasteiger partial charge in [-0.25, -0.2) is 9.59 Å². The number of urea groups is 1. The normalized spacial score (nSPS) is 25.7. The van der Waals surface area contributed by atoms with Gasteiger partial charge in [0.1, 0.15) is 5.60 Å². The number of aliphatic hydroxyl groups is 1. The maximum atomic E-state index is 12.6. The summed E-state index contributed by atoms with van der Waals surface area (Å²) in [6.07, 6.45) is -0.433. The molecule has 0 radical (unpaired) electrons. The molecule has 7 nitrogen and oxygen atoms in total. The molecule has 23 heavy (non-hydrogen) atoms. The van der Waals surface area contributed by atoms with Crippen LogP contribution in [0, 0.1) is 0 Å². The molecule has 0 aromatic heterocycles. The van der Waals surface area contributed by atoms with Gasteiger partial charge in [-0.15, -0.1) is 0 Å². The van der Waals surface area contributed by atoms with E-state index in [9.17, 15) is 14.7 Å². The van der Waals surface area contributed by atoms with Crippen LogP contribution in [-0.2, 0) is 4.74 Å². The monoisotopic (exact) mass is 327 g/mol. The third kappa shape index (κ3) is 3.54. The Hall–Kier alpha value is -1.50. The molecule has 2 heterocycles. The number of rotatable bonds is 1. The number of aliphatic hydroxyl groups excluding tert-OH is 1. The number of amides is 3. The maximum absolute atomic E-state index is 12.6. The first-order valence-corrected chi connectivity index (χ1v) is 8.14. The average molecular weight is 327 g/mol. The van der Waals surface area contributed by atoms with E-state index in [1.165, 1.54) is 0 Å². The summed E-state index contributed by atoms with van der Waals surface area (Å²) in [5.74, 6) is 0. The Morgan fingerprint density at radius 2 is 1.83 bits per heavy atom. The molecule has 7 heteroatoms. The van der Waals surface area contributed by atoms with Gasteiger partial charge in [0.15, 0.2) is 0 Å². The Kier molecular flexibility index (Phi) is 4.54. The molecule has 0 saturated carbocycles. The van der Waals surface area contributed by atoms with Gasteiger partial charge in [0.2, 0.25) is 0 Å². The Morgan fingerprint density at radius 3 is 2.30 bits per heavy atom. The number of ether oxygens (including phenoxy) is 1. The van der Waals surface area contributed by atoms with Crippen LogP contribution in [-0.4, -0.2) is 81.4 Å². The molecule has 1 unspecified atom stereocenters. The Labute approximate surface area is 138 Å². The van der Waals surface area contributed by atoms with Gasteiger partial charge in [0.05, 0.1) is 18.7 Å². The third-order valence-corrected chi connectivity index (χ3v) is 4.30. The molecule has 0 aromatic rings. The number of piperazine rings is 1. The largest absolute Gasteiger partial charge is 0.444 e. The SMILES string of the molecule is CC(C)(C)OC(=O)N1CCN2C(=O)N(C(C)(C)C)CC2[C@H]1CO.